The molecule has 0 spiro atoms. The first-order valence-corrected chi connectivity index (χ1v) is 6.07. The highest BCUT2D eigenvalue weighted by Crippen LogP contribution is 2.28. The van der Waals surface area contributed by atoms with Crippen molar-refractivity contribution in [2.24, 2.45) is 11.8 Å². The molecule has 2 aromatic rings. The van der Waals surface area contributed by atoms with Crippen LogP contribution in [0.5, 0.6) is 0 Å². The van der Waals surface area contributed by atoms with Crippen LogP contribution in [0.4, 0.5) is 0 Å². The van der Waals surface area contributed by atoms with Crippen LogP contribution in [0.1, 0.15) is 31.9 Å². The summed E-state index contributed by atoms with van der Waals surface area (Å²) in [5.41, 5.74) is 5.14. The van der Waals surface area contributed by atoms with Gasteiger partial charge in [-0.3, -0.25) is 16.3 Å². The first-order chi connectivity index (χ1) is 8.27. The zero-order chi connectivity index (χ0) is 12.3. The Kier molecular flexibility index (Phi) is 3.71. The van der Waals surface area contributed by atoms with E-state index >= 15 is 0 Å². The zero-order valence-corrected chi connectivity index (χ0v) is 10.4. The van der Waals surface area contributed by atoms with Gasteiger partial charge in [-0.05, 0) is 17.5 Å². The lowest BCUT2D eigenvalue weighted by atomic mass is 9.91. The zero-order valence-electron chi connectivity index (χ0n) is 10.4. The highest BCUT2D eigenvalue weighted by Gasteiger charge is 2.18. The second-order valence-corrected chi connectivity index (χ2v) is 4.45. The molecular formula is C14H19N3. The van der Waals surface area contributed by atoms with Crippen LogP contribution in [0.3, 0.4) is 0 Å². The number of hydrazine groups is 1. The third-order valence-corrected chi connectivity index (χ3v) is 3.39. The maximum absolute atomic E-state index is 5.69. The molecule has 0 bridgehead atoms. The lowest BCUT2D eigenvalue weighted by Crippen LogP contribution is -2.32. The number of pyridine rings is 1. The SMILES string of the molecule is CCC(C)C(NN)c1cccc2cccnc12. The van der Waals surface area contributed by atoms with E-state index in [0.717, 1.165) is 17.3 Å². The molecule has 0 saturated heterocycles. The minimum atomic E-state index is 0.151. The van der Waals surface area contributed by atoms with Gasteiger partial charge in [-0.2, -0.15) is 0 Å². The van der Waals surface area contributed by atoms with Crippen LogP contribution >= 0.6 is 0 Å². The number of nitrogens with zero attached hydrogens (tertiary/aromatic N) is 1. The summed E-state index contributed by atoms with van der Waals surface area (Å²) < 4.78 is 0. The minimum Gasteiger partial charge on any atom is -0.271 e. The maximum Gasteiger partial charge on any atom is 0.0750 e. The average Bonchev–Trinajstić information content (AvgIpc) is 2.39. The maximum atomic E-state index is 5.69. The Bertz CT molecular complexity index is 490. The second-order valence-electron chi connectivity index (χ2n) is 4.45. The van der Waals surface area contributed by atoms with Crippen molar-refractivity contribution >= 4 is 10.9 Å². The van der Waals surface area contributed by atoms with E-state index in [1.165, 1.54) is 5.56 Å². The number of rotatable bonds is 4. The number of nitrogens with two attached hydrogens (primary N) is 1. The highest BCUT2D eigenvalue weighted by molar-refractivity contribution is 5.82. The Morgan fingerprint density at radius 1 is 1.29 bits per heavy atom. The summed E-state index contributed by atoms with van der Waals surface area (Å²) in [7, 11) is 0. The molecule has 1 aromatic carbocycles. The molecule has 2 atom stereocenters. The molecule has 90 valence electrons. The number of nitrogens with one attached hydrogen (secondary N) is 1. The van der Waals surface area contributed by atoms with Crippen molar-refractivity contribution in [3.63, 3.8) is 0 Å². The van der Waals surface area contributed by atoms with Crippen LogP contribution in [-0.4, -0.2) is 4.98 Å². The highest BCUT2D eigenvalue weighted by atomic mass is 15.2. The molecule has 3 nitrogen and oxygen atoms in total. The number of benzene rings is 1. The van der Waals surface area contributed by atoms with Gasteiger partial charge in [0.1, 0.15) is 0 Å². The van der Waals surface area contributed by atoms with Crippen molar-refractivity contribution in [1.29, 1.82) is 0 Å². The van der Waals surface area contributed by atoms with Gasteiger partial charge in [0.25, 0.3) is 0 Å². The lowest BCUT2D eigenvalue weighted by molar-refractivity contribution is 0.385. The first kappa shape index (κ1) is 12.0. The van der Waals surface area contributed by atoms with Crippen LogP contribution in [0, 0.1) is 5.92 Å². The Labute approximate surface area is 102 Å². The summed E-state index contributed by atoms with van der Waals surface area (Å²) in [6, 6.07) is 10.4. The third-order valence-electron chi connectivity index (χ3n) is 3.39. The number of fused-ring (bicyclic) bond motifs is 1. The molecule has 3 N–H and O–H groups in total. The van der Waals surface area contributed by atoms with Crippen LogP contribution in [0.25, 0.3) is 10.9 Å². The molecule has 0 radical (unpaired) electrons. The molecule has 2 unspecified atom stereocenters. The summed E-state index contributed by atoms with van der Waals surface area (Å²) in [4.78, 5) is 4.47. The fourth-order valence-corrected chi connectivity index (χ4v) is 2.18. The van der Waals surface area contributed by atoms with Gasteiger partial charge < -0.3 is 0 Å². The van der Waals surface area contributed by atoms with Crippen molar-refractivity contribution in [1.82, 2.24) is 10.4 Å². The van der Waals surface area contributed by atoms with Crippen molar-refractivity contribution in [3.05, 3.63) is 42.1 Å². The fourth-order valence-electron chi connectivity index (χ4n) is 2.18. The van der Waals surface area contributed by atoms with Crippen LogP contribution in [-0.2, 0) is 0 Å². The van der Waals surface area contributed by atoms with E-state index in [2.05, 4.69) is 48.5 Å². The van der Waals surface area contributed by atoms with Gasteiger partial charge in [0.2, 0.25) is 0 Å². The Morgan fingerprint density at radius 2 is 2.06 bits per heavy atom. The van der Waals surface area contributed by atoms with E-state index in [-0.39, 0.29) is 6.04 Å². The Balaban J connectivity index is 2.53. The van der Waals surface area contributed by atoms with E-state index < -0.39 is 0 Å². The quantitative estimate of drug-likeness (QED) is 0.626. The fraction of sp³-hybridized carbons (Fsp3) is 0.357. The molecule has 0 saturated carbocycles. The van der Waals surface area contributed by atoms with Gasteiger partial charge >= 0.3 is 0 Å². The van der Waals surface area contributed by atoms with Crippen molar-refractivity contribution < 1.29 is 0 Å². The third kappa shape index (κ3) is 2.30. The van der Waals surface area contributed by atoms with Crippen molar-refractivity contribution in [2.45, 2.75) is 26.3 Å². The second kappa shape index (κ2) is 5.25. The van der Waals surface area contributed by atoms with Gasteiger partial charge in [-0.1, -0.05) is 44.5 Å². The van der Waals surface area contributed by atoms with Crippen molar-refractivity contribution in [3.8, 4) is 0 Å². The van der Waals surface area contributed by atoms with E-state index in [9.17, 15) is 0 Å². The normalized spacial score (nSPS) is 14.8. The molecule has 2 rings (SSSR count). The molecule has 0 aliphatic heterocycles. The van der Waals surface area contributed by atoms with Crippen LogP contribution < -0.4 is 11.3 Å². The monoisotopic (exact) mass is 229 g/mol. The Morgan fingerprint density at radius 3 is 2.76 bits per heavy atom. The van der Waals surface area contributed by atoms with Crippen LogP contribution in [0.15, 0.2) is 36.5 Å². The summed E-state index contributed by atoms with van der Waals surface area (Å²) in [6.45, 7) is 4.37. The number of hydrogen-bond acceptors (Lipinski definition) is 3. The topological polar surface area (TPSA) is 50.9 Å². The predicted molar refractivity (Wildman–Crippen MR) is 71.3 cm³/mol. The first-order valence-electron chi connectivity index (χ1n) is 6.07. The molecule has 1 aromatic heterocycles. The summed E-state index contributed by atoms with van der Waals surface area (Å²) in [6.07, 6.45) is 2.91. The Hall–Kier alpha value is -1.45. The number of hydrogen-bond donors (Lipinski definition) is 2. The van der Waals surface area contributed by atoms with E-state index in [1.54, 1.807) is 0 Å². The van der Waals surface area contributed by atoms with Gasteiger partial charge in [0.15, 0.2) is 0 Å². The average molecular weight is 229 g/mol. The molecule has 0 fully saturated rings. The lowest BCUT2D eigenvalue weighted by Gasteiger charge is -2.23. The standard InChI is InChI=1S/C14H19N3/c1-3-10(2)13(17-15)12-8-4-6-11-7-5-9-16-14(11)12/h4-10,13,17H,3,15H2,1-2H3. The molecule has 3 heteroatoms. The van der Waals surface area contributed by atoms with Gasteiger partial charge in [-0.25, -0.2) is 0 Å². The molecule has 17 heavy (non-hydrogen) atoms. The van der Waals surface area contributed by atoms with Gasteiger partial charge in [0, 0.05) is 11.6 Å². The van der Waals surface area contributed by atoms with E-state index in [0.29, 0.717) is 5.92 Å². The smallest absolute Gasteiger partial charge is 0.0750 e. The van der Waals surface area contributed by atoms with Gasteiger partial charge in [-0.15, -0.1) is 0 Å². The number of aromatic nitrogens is 1. The molecule has 0 aliphatic carbocycles. The molecule has 0 aliphatic rings. The predicted octanol–water partition coefficient (Wildman–Crippen LogP) is 2.79. The summed E-state index contributed by atoms with van der Waals surface area (Å²) in [5, 5.41) is 1.16. The molecular weight excluding hydrogens is 210 g/mol. The van der Waals surface area contributed by atoms with E-state index in [1.807, 2.05) is 12.3 Å². The van der Waals surface area contributed by atoms with Gasteiger partial charge in [0.05, 0.1) is 11.6 Å². The largest absolute Gasteiger partial charge is 0.271 e. The molecule has 0 amide bonds. The van der Waals surface area contributed by atoms with E-state index in [4.69, 9.17) is 5.84 Å². The minimum absolute atomic E-state index is 0.151. The molecule has 1 heterocycles. The summed E-state index contributed by atoms with van der Waals surface area (Å²) >= 11 is 0. The van der Waals surface area contributed by atoms with Crippen molar-refractivity contribution in [2.75, 3.05) is 0 Å². The summed E-state index contributed by atoms with van der Waals surface area (Å²) in [5.74, 6) is 6.17. The number of para-hydroxylation sites is 1. The van der Waals surface area contributed by atoms with Crippen LogP contribution in [0.2, 0.25) is 0 Å².